The number of nitrogens with zero attached hydrogens (tertiary/aromatic N) is 2. The van der Waals surface area contributed by atoms with Crippen molar-refractivity contribution in [2.24, 2.45) is 0 Å². The molecule has 2 heterocycles. The van der Waals surface area contributed by atoms with Crippen molar-refractivity contribution in [3.8, 4) is 0 Å². The number of pyridine rings is 2. The molecule has 2 N–H and O–H groups in total. The summed E-state index contributed by atoms with van der Waals surface area (Å²) >= 11 is 11.8. The van der Waals surface area contributed by atoms with Gasteiger partial charge in [-0.15, -0.1) is 0 Å². The predicted molar refractivity (Wildman–Crippen MR) is 100 cm³/mol. The molecule has 5 nitrogen and oxygen atoms in total. The first-order chi connectivity index (χ1) is 12.1. The molecule has 0 bridgehead atoms. The number of aromatic nitrogens is 2. The topological polar surface area (TPSA) is 66.9 Å². The smallest absolute Gasteiger partial charge is 0.255 e. The highest BCUT2D eigenvalue weighted by molar-refractivity contribution is 6.42. The van der Waals surface area contributed by atoms with Crippen LogP contribution in [0.1, 0.15) is 15.9 Å². The van der Waals surface area contributed by atoms with Gasteiger partial charge in [-0.25, -0.2) is 4.98 Å². The Kier molecular flexibility index (Phi) is 5.48. The average molecular weight is 373 g/mol. The lowest BCUT2D eigenvalue weighted by Gasteiger charge is -2.09. The first-order valence-corrected chi connectivity index (χ1v) is 8.22. The van der Waals surface area contributed by atoms with Crippen molar-refractivity contribution >= 4 is 40.6 Å². The first-order valence-electron chi connectivity index (χ1n) is 7.47. The Hall–Kier alpha value is -2.63. The molecule has 0 atom stereocenters. The van der Waals surface area contributed by atoms with E-state index >= 15 is 0 Å². The molecule has 0 spiro atoms. The van der Waals surface area contributed by atoms with Gasteiger partial charge in [-0.05, 0) is 42.0 Å². The fourth-order valence-electron chi connectivity index (χ4n) is 2.14. The zero-order valence-electron chi connectivity index (χ0n) is 13.0. The summed E-state index contributed by atoms with van der Waals surface area (Å²) in [6.45, 7) is 0.568. The van der Waals surface area contributed by atoms with E-state index in [0.29, 0.717) is 33.7 Å². The van der Waals surface area contributed by atoms with Crippen LogP contribution in [-0.4, -0.2) is 15.9 Å². The Morgan fingerprint density at radius 3 is 2.68 bits per heavy atom. The molecule has 0 aliphatic rings. The van der Waals surface area contributed by atoms with Gasteiger partial charge in [0.2, 0.25) is 0 Å². The highest BCUT2D eigenvalue weighted by Gasteiger charge is 2.09. The van der Waals surface area contributed by atoms with Crippen LogP contribution in [0.5, 0.6) is 0 Å². The summed E-state index contributed by atoms with van der Waals surface area (Å²) in [5.41, 5.74) is 2.07. The minimum Gasteiger partial charge on any atom is -0.366 e. The molecule has 7 heteroatoms. The molecule has 3 rings (SSSR count). The van der Waals surface area contributed by atoms with Crippen LogP contribution in [0.25, 0.3) is 0 Å². The minimum absolute atomic E-state index is 0.259. The van der Waals surface area contributed by atoms with Gasteiger partial charge in [0.25, 0.3) is 5.91 Å². The highest BCUT2D eigenvalue weighted by Crippen LogP contribution is 2.25. The molecule has 0 saturated heterocycles. The molecule has 0 aliphatic carbocycles. The molecule has 3 aromatic rings. The summed E-state index contributed by atoms with van der Waals surface area (Å²) in [6, 6.07) is 12.1. The molecule has 1 aromatic carbocycles. The molecule has 126 valence electrons. The van der Waals surface area contributed by atoms with Crippen molar-refractivity contribution in [2.75, 3.05) is 10.6 Å². The van der Waals surface area contributed by atoms with Crippen molar-refractivity contribution in [3.63, 3.8) is 0 Å². The lowest BCUT2D eigenvalue weighted by molar-refractivity contribution is 0.102. The first kappa shape index (κ1) is 17.2. The van der Waals surface area contributed by atoms with Crippen LogP contribution in [0.2, 0.25) is 10.0 Å². The quantitative estimate of drug-likeness (QED) is 0.683. The maximum absolute atomic E-state index is 12.4. The van der Waals surface area contributed by atoms with Crippen molar-refractivity contribution in [1.29, 1.82) is 0 Å². The summed E-state index contributed by atoms with van der Waals surface area (Å²) in [7, 11) is 0. The molecule has 0 saturated carbocycles. The van der Waals surface area contributed by atoms with Crippen LogP contribution in [0.15, 0.2) is 61.1 Å². The number of amides is 1. The Labute approximate surface area is 155 Å². The standard InChI is InChI=1S/C18H14Cl2N4O/c19-15-4-3-14(9-16(15)20)24-18(25)13-5-7-22-17(8-13)23-11-12-2-1-6-21-10-12/h1-10H,11H2,(H,22,23)(H,24,25). The lowest BCUT2D eigenvalue weighted by atomic mass is 10.2. The number of halogens is 2. The van der Waals surface area contributed by atoms with Crippen LogP contribution in [-0.2, 0) is 6.54 Å². The Balaban J connectivity index is 1.67. The number of anilines is 2. The van der Waals surface area contributed by atoms with E-state index in [1.165, 1.54) is 0 Å². The van der Waals surface area contributed by atoms with Gasteiger partial charge in [-0.2, -0.15) is 0 Å². The molecule has 0 aliphatic heterocycles. The maximum atomic E-state index is 12.4. The van der Waals surface area contributed by atoms with Crippen molar-refractivity contribution in [3.05, 3.63) is 82.2 Å². The normalized spacial score (nSPS) is 10.3. The van der Waals surface area contributed by atoms with E-state index in [0.717, 1.165) is 5.56 Å². The van der Waals surface area contributed by atoms with Crippen molar-refractivity contribution in [2.45, 2.75) is 6.54 Å². The van der Waals surface area contributed by atoms with E-state index in [-0.39, 0.29) is 5.91 Å². The highest BCUT2D eigenvalue weighted by atomic mass is 35.5. The molecule has 1 amide bonds. The third kappa shape index (κ3) is 4.68. The second kappa shape index (κ2) is 7.96. The second-order valence-corrected chi connectivity index (χ2v) is 6.04. The van der Waals surface area contributed by atoms with E-state index < -0.39 is 0 Å². The van der Waals surface area contributed by atoms with E-state index in [9.17, 15) is 4.79 Å². The number of hydrogen-bond donors (Lipinski definition) is 2. The monoisotopic (exact) mass is 372 g/mol. The number of carbonyl (C=O) groups is 1. The Bertz CT molecular complexity index is 887. The summed E-state index contributed by atoms with van der Waals surface area (Å²) in [6.07, 6.45) is 5.07. The second-order valence-electron chi connectivity index (χ2n) is 5.23. The molecule has 0 radical (unpaired) electrons. The number of nitrogens with one attached hydrogen (secondary N) is 2. The van der Waals surface area contributed by atoms with Crippen LogP contribution in [0.3, 0.4) is 0 Å². The van der Waals surface area contributed by atoms with Crippen LogP contribution >= 0.6 is 23.2 Å². The number of hydrogen-bond acceptors (Lipinski definition) is 4. The Morgan fingerprint density at radius 2 is 1.92 bits per heavy atom. The third-order valence-electron chi connectivity index (χ3n) is 3.40. The van der Waals surface area contributed by atoms with E-state index in [1.54, 1.807) is 48.9 Å². The van der Waals surface area contributed by atoms with Crippen molar-refractivity contribution in [1.82, 2.24) is 9.97 Å². The number of rotatable bonds is 5. The van der Waals surface area contributed by atoms with E-state index in [2.05, 4.69) is 20.6 Å². The van der Waals surface area contributed by atoms with Crippen molar-refractivity contribution < 1.29 is 4.79 Å². The average Bonchev–Trinajstić information content (AvgIpc) is 2.64. The van der Waals surface area contributed by atoms with Gasteiger partial charge < -0.3 is 10.6 Å². The lowest BCUT2D eigenvalue weighted by Crippen LogP contribution is -2.12. The van der Waals surface area contributed by atoms with Crippen LogP contribution in [0, 0.1) is 0 Å². The van der Waals surface area contributed by atoms with Gasteiger partial charge in [-0.1, -0.05) is 29.3 Å². The van der Waals surface area contributed by atoms with Gasteiger partial charge in [0.15, 0.2) is 0 Å². The summed E-state index contributed by atoms with van der Waals surface area (Å²) < 4.78 is 0. The molecule has 2 aromatic heterocycles. The van der Waals surface area contributed by atoms with Gasteiger partial charge >= 0.3 is 0 Å². The number of benzene rings is 1. The largest absolute Gasteiger partial charge is 0.366 e. The molecule has 0 fully saturated rings. The molecule has 25 heavy (non-hydrogen) atoms. The Morgan fingerprint density at radius 1 is 1.04 bits per heavy atom. The SMILES string of the molecule is O=C(Nc1ccc(Cl)c(Cl)c1)c1ccnc(NCc2cccnc2)c1. The third-order valence-corrected chi connectivity index (χ3v) is 4.14. The summed E-state index contributed by atoms with van der Waals surface area (Å²) in [4.78, 5) is 20.7. The van der Waals surface area contributed by atoms with E-state index in [1.807, 2.05) is 12.1 Å². The van der Waals surface area contributed by atoms with Crippen LogP contribution in [0.4, 0.5) is 11.5 Å². The summed E-state index contributed by atoms with van der Waals surface area (Å²) in [5.74, 6) is 0.343. The molecule has 0 unspecified atom stereocenters. The maximum Gasteiger partial charge on any atom is 0.255 e. The van der Waals surface area contributed by atoms with Crippen LogP contribution < -0.4 is 10.6 Å². The summed E-state index contributed by atoms with van der Waals surface area (Å²) in [5, 5.41) is 6.76. The van der Waals surface area contributed by atoms with Gasteiger partial charge in [0.05, 0.1) is 10.0 Å². The van der Waals surface area contributed by atoms with E-state index in [4.69, 9.17) is 23.2 Å². The minimum atomic E-state index is -0.259. The zero-order chi connectivity index (χ0) is 17.6. The van der Waals surface area contributed by atoms with Gasteiger partial charge in [0, 0.05) is 36.4 Å². The zero-order valence-corrected chi connectivity index (χ0v) is 14.6. The molecular formula is C18H14Cl2N4O. The predicted octanol–water partition coefficient (Wildman–Crippen LogP) is 4.65. The number of carbonyl (C=O) groups excluding carboxylic acids is 1. The van der Waals surface area contributed by atoms with Gasteiger partial charge in [-0.3, -0.25) is 9.78 Å². The van der Waals surface area contributed by atoms with Gasteiger partial charge in [0.1, 0.15) is 5.82 Å². The fourth-order valence-corrected chi connectivity index (χ4v) is 2.44. The fraction of sp³-hybridized carbons (Fsp3) is 0.0556. The molecular weight excluding hydrogens is 359 g/mol.